The van der Waals surface area contributed by atoms with E-state index in [1.54, 1.807) is 17.0 Å². The van der Waals surface area contributed by atoms with Crippen molar-refractivity contribution in [1.29, 1.82) is 0 Å². The summed E-state index contributed by atoms with van der Waals surface area (Å²) in [5, 5.41) is 0. The number of imidazole rings is 1. The third kappa shape index (κ3) is 5.25. The van der Waals surface area contributed by atoms with Gasteiger partial charge in [-0.3, -0.25) is 0 Å². The van der Waals surface area contributed by atoms with E-state index >= 15 is 0 Å². The molecule has 1 aliphatic rings. The van der Waals surface area contributed by atoms with Gasteiger partial charge in [-0.25, -0.2) is 14.6 Å². The quantitative estimate of drug-likeness (QED) is 0.518. The maximum Gasteiger partial charge on any atom is 0.410 e. The molecule has 164 valence electrons. The van der Waals surface area contributed by atoms with Crippen molar-refractivity contribution < 1.29 is 19.1 Å². The van der Waals surface area contributed by atoms with Gasteiger partial charge in [0.25, 0.3) is 0 Å². The summed E-state index contributed by atoms with van der Waals surface area (Å²) >= 11 is 6.13. The monoisotopic (exact) mass is 435 g/mol. The zero-order chi connectivity index (χ0) is 22.3. The Balaban J connectivity index is 1.76. The van der Waals surface area contributed by atoms with E-state index in [0.29, 0.717) is 25.2 Å². The molecule has 1 amide bonds. The van der Waals surface area contributed by atoms with E-state index in [0.717, 1.165) is 16.9 Å². The van der Waals surface area contributed by atoms with Crippen LogP contribution in [0, 0.1) is 5.92 Å². The number of benzene rings is 1. The number of carbonyl (C=O) groups is 2. The molecule has 1 saturated heterocycles. The maximum atomic E-state index is 12.5. The molecule has 30 heavy (non-hydrogen) atoms. The first-order chi connectivity index (χ1) is 13.9. The molecule has 0 saturated carbocycles. The number of likely N-dealkylation sites (tertiary alicyclic amines) is 1. The molecule has 0 aliphatic carbocycles. The summed E-state index contributed by atoms with van der Waals surface area (Å²) in [7, 11) is 0. The number of nitrogens with zero attached hydrogens (tertiary/aromatic N) is 3. The van der Waals surface area contributed by atoms with Crippen LogP contribution in [0.2, 0.25) is 0 Å². The molecule has 7 nitrogen and oxygen atoms in total. The molecule has 0 bridgehead atoms. The molecule has 3 rings (SSSR count). The highest BCUT2D eigenvalue weighted by Gasteiger charge is 2.34. The predicted molar refractivity (Wildman–Crippen MR) is 116 cm³/mol. The van der Waals surface area contributed by atoms with Gasteiger partial charge < -0.3 is 18.9 Å². The van der Waals surface area contributed by atoms with Crippen molar-refractivity contribution in [1.82, 2.24) is 14.5 Å². The van der Waals surface area contributed by atoms with Crippen molar-refractivity contribution in [3.05, 3.63) is 29.6 Å². The normalized spacial score (nSPS) is 15.2. The number of ether oxygens (including phenoxy) is 2. The fourth-order valence-electron chi connectivity index (χ4n) is 3.36. The lowest BCUT2D eigenvalue weighted by Crippen LogP contribution is -2.52. The highest BCUT2D eigenvalue weighted by Crippen LogP contribution is 2.26. The Morgan fingerprint density at radius 1 is 1.10 bits per heavy atom. The van der Waals surface area contributed by atoms with Crippen molar-refractivity contribution in [2.75, 3.05) is 13.1 Å². The molecule has 2 heterocycles. The van der Waals surface area contributed by atoms with Crippen LogP contribution in [-0.4, -0.2) is 50.8 Å². The van der Waals surface area contributed by atoms with Crippen LogP contribution in [0.25, 0.3) is 11.0 Å². The van der Waals surface area contributed by atoms with Gasteiger partial charge in [-0.2, -0.15) is 0 Å². The second-order valence-electron chi connectivity index (χ2n) is 9.73. The number of halogens is 1. The lowest BCUT2D eigenvalue weighted by atomic mass is 10.0. The Kier molecular flexibility index (Phi) is 6.05. The Morgan fingerprint density at radius 3 is 2.30 bits per heavy atom. The van der Waals surface area contributed by atoms with Gasteiger partial charge in [-0.1, -0.05) is 0 Å². The zero-order valence-electron chi connectivity index (χ0n) is 18.5. The summed E-state index contributed by atoms with van der Waals surface area (Å²) < 4.78 is 12.9. The van der Waals surface area contributed by atoms with Crippen LogP contribution in [-0.2, 0) is 21.9 Å². The van der Waals surface area contributed by atoms with Crippen molar-refractivity contribution in [2.45, 2.75) is 65.2 Å². The van der Waals surface area contributed by atoms with Crippen LogP contribution in [0.3, 0.4) is 0 Å². The van der Waals surface area contributed by atoms with Crippen LogP contribution in [0.1, 0.15) is 57.7 Å². The van der Waals surface area contributed by atoms with Gasteiger partial charge in [0.15, 0.2) is 0 Å². The SMILES string of the molecule is CC(C)(C)OC(=O)c1ccc2nc(CCl)n(CC3CN(C(=O)OC(C)(C)C)C3)c2c1. The molecular weight excluding hydrogens is 406 g/mol. The van der Waals surface area contributed by atoms with Gasteiger partial charge in [0.05, 0.1) is 22.5 Å². The first-order valence-electron chi connectivity index (χ1n) is 10.1. The predicted octanol–water partition coefficient (Wildman–Crippen LogP) is 4.60. The van der Waals surface area contributed by atoms with E-state index in [2.05, 4.69) is 4.98 Å². The van der Waals surface area contributed by atoms with Crippen molar-refractivity contribution in [3.63, 3.8) is 0 Å². The highest BCUT2D eigenvalue weighted by atomic mass is 35.5. The van der Waals surface area contributed by atoms with E-state index in [-0.39, 0.29) is 23.9 Å². The van der Waals surface area contributed by atoms with Crippen LogP contribution in [0.5, 0.6) is 0 Å². The summed E-state index contributed by atoms with van der Waals surface area (Å²) in [6.45, 7) is 13.0. The second-order valence-corrected chi connectivity index (χ2v) is 10.00. The van der Waals surface area contributed by atoms with Gasteiger partial charge in [0.2, 0.25) is 0 Å². The van der Waals surface area contributed by atoms with E-state index in [9.17, 15) is 9.59 Å². The van der Waals surface area contributed by atoms with Crippen LogP contribution >= 0.6 is 11.6 Å². The summed E-state index contributed by atoms with van der Waals surface area (Å²) in [6, 6.07) is 5.34. The molecule has 0 radical (unpaired) electrons. The molecule has 1 aliphatic heterocycles. The third-order valence-corrected chi connectivity index (χ3v) is 4.87. The van der Waals surface area contributed by atoms with Crippen molar-refractivity contribution in [3.8, 4) is 0 Å². The maximum absolute atomic E-state index is 12.5. The molecule has 0 atom stereocenters. The topological polar surface area (TPSA) is 73.7 Å². The first kappa shape index (κ1) is 22.4. The molecule has 0 unspecified atom stereocenters. The number of hydrogen-bond acceptors (Lipinski definition) is 5. The Hall–Kier alpha value is -2.28. The smallest absolute Gasteiger partial charge is 0.410 e. The molecule has 1 aromatic heterocycles. The lowest BCUT2D eigenvalue weighted by molar-refractivity contribution is -0.00337. The fourth-order valence-corrected chi connectivity index (χ4v) is 3.57. The van der Waals surface area contributed by atoms with Crippen LogP contribution in [0.4, 0.5) is 4.79 Å². The fraction of sp³-hybridized carbons (Fsp3) is 0.591. The highest BCUT2D eigenvalue weighted by molar-refractivity contribution is 6.16. The number of esters is 1. The molecular formula is C22H30ClN3O4. The van der Waals surface area contributed by atoms with Gasteiger partial charge in [-0.05, 0) is 59.7 Å². The molecule has 8 heteroatoms. The molecule has 0 N–H and O–H groups in total. The minimum atomic E-state index is -0.565. The lowest BCUT2D eigenvalue weighted by Gasteiger charge is -2.40. The number of hydrogen-bond donors (Lipinski definition) is 0. The van der Waals surface area contributed by atoms with Crippen molar-refractivity contribution in [2.24, 2.45) is 5.92 Å². The van der Waals surface area contributed by atoms with Gasteiger partial charge in [-0.15, -0.1) is 11.6 Å². The number of amides is 1. The summed E-state index contributed by atoms with van der Waals surface area (Å²) in [4.78, 5) is 30.9. The first-order valence-corrected chi connectivity index (χ1v) is 10.7. The number of alkyl halides is 1. The zero-order valence-corrected chi connectivity index (χ0v) is 19.2. The van der Waals surface area contributed by atoms with E-state index < -0.39 is 11.2 Å². The van der Waals surface area contributed by atoms with Gasteiger partial charge >= 0.3 is 12.1 Å². The number of aromatic nitrogens is 2. The van der Waals surface area contributed by atoms with Crippen LogP contribution < -0.4 is 0 Å². The van der Waals surface area contributed by atoms with E-state index in [1.165, 1.54) is 0 Å². The van der Waals surface area contributed by atoms with Crippen molar-refractivity contribution >= 4 is 34.7 Å². The second kappa shape index (κ2) is 8.10. The molecule has 2 aromatic rings. The minimum Gasteiger partial charge on any atom is -0.456 e. The average molecular weight is 436 g/mol. The Labute approximate surface area is 182 Å². The Morgan fingerprint density at radius 2 is 1.73 bits per heavy atom. The molecule has 1 fully saturated rings. The Bertz CT molecular complexity index is 950. The van der Waals surface area contributed by atoms with Gasteiger partial charge in [0.1, 0.15) is 17.0 Å². The number of carbonyl (C=O) groups excluding carboxylic acids is 2. The standard InChI is InChI=1S/C22H30ClN3O4/c1-21(2,3)29-19(27)15-7-8-16-17(9-15)26(18(10-23)24-16)13-14-11-25(12-14)20(28)30-22(4,5)6/h7-9,14H,10-13H2,1-6H3. The average Bonchev–Trinajstić information content (AvgIpc) is 2.91. The molecule has 0 spiro atoms. The molecule has 1 aromatic carbocycles. The third-order valence-electron chi connectivity index (χ3n) is 4.63. The number of rotatable bonds is 4. The summed E-state index contributed by atoms with van der Waals surface area (Å²) in [6.07, 6.45) is -0.293. The van der Waals surface area contributed by atoms with E-state index in [4.69, 9.17) is 21.1 Å². The summed E-state index contributed by atoms with van der Waals surface area (Å²) in [5.41, 5.74) is 1.02. The van der Waals surface area contributed by atoms with Gasteiger partial charge in [0, 0.05) is 25.6 Å². The van der Waals surface area contributed by atoms with Crippen LogP contribution in [0.15, 0.2) is 18.2 Å². The van der Waals surface area contributed by atoms with E-state index in [1.807, 2.05) is 52.2 Å². The largest absolute Gasteiger partial charge is 0.456 e. The number of fused-ring (bicyclic) bond motifs is 1. The summed E-state index contributed by atoms with van der Waals surface area (Å²) in [5.74, 6) is 0.897. The minimum absolute atomic E-state index is 0.263.